The van der Waals surface area contributed by atoms with Gasteiger partial charge in [-0.15, -0.1) is 0 Å². The zero-order valence-corrected chi connectivity index (χ0v) is 30.2. The van der Waals surface area contributed by atoms with Crippen molar-refractivity contribution in [3.63, 3.8) is 0 Å². The highest BCUT2D eigenvalue weighted by Gasteiger charge is 2.62. The van der Waals surface area contributed by atoms with Crippen molar-refractivity contribution in [3.05, 3.63) is 47.3 Å². The van der Waals surface area contributed by atoms with Crippen LogP contribution in [0.5, 0.6) is 0 Å². The fourth-order valence-electron chi connectivity index (χ4n) is 7.70. The Morgan fingerprint density at radius 2 is 1.77 bits per heavy atom. The molecule has 0 aromatic heterocycles. The fraction of sp³-hybridized carbons (Fsp3) is 0.639. The molecule has 2 saturated carbocycles. The number of halogens is 1. The summed E-state index contributed by atoms with van der Waals surface area (Å²) in [4.78, 5) is 71.3. The first-order valence-corrected chi connectivity index (χ1v) is 20.1. The minimum atomic E-state index is -3.92. The van der Waals surface area contributed by atoms with Crippen LogP contribution in [-0.2, 0) is 51.7 Å². The average molecular weight is 760 g/mol. The first kappa shape index (κ1) is 37.1. The molecule has 0 radical (unpaired) electrons. The molecule has 3 N–H and O–H groups in total. The van der Waals surface area contributed by atoms with Crippen molar-refractivity contribution in [2.75, 3.05) is 19.8 Å². The van der Waals surface area contributed by atoms with E-state index in [9.17, 15) is 36.8 Å². The number of ether oxygens (including phenoxy) is 3. The lowest BCUT2D eigenvalue weighted by Crippen LogP contribution is -2.58. The van der Waals surface area contributed by atoms with E-state index in [2.05, 4.69) is 15.4 Å². The topological polar surface area (TPSA) is 190 Å². The number of alkyl carbamates (subject to hydrolysis) is 1. The van der Waals surface area contributed by atoms with Crippen molar-refractivity contribution in [1.29, 1.82) is 0 Å². The lowest BCUT2D eigenvalue weighted by Gasteiger charge is -2.30. The van der Waals surface area contributed by atoms with Gasteiger partial charge in [-0.1, -0.05) is 37.1 Å². The lowest BCUT2D eigenvalue weighted by atomic mass is 10.0. The number of benzene rings is 1. The second kappa shape index (κ2) is 15.2. The second-order valence-corrected chi connectivity index (χ2v) is 16.9. The van der Waals surface area contributed by atoms with Crippen LogP contribution >= 0.6 is 0 Å². The van der Waals surface area contributed by atoms with Gasteiger partial charge in [-0.3, -0.25) is 24.0 Å². The van der Waals surface area contributed by atoms with Crippen molar-refractivity contribution in [3.8, 4) is 0 Å². The third-order valence-electron chi connectivity index (χ3n) is 11.0. The molecular formula is C36H46FN5O10S. The largest absolute Gasteiger partial charge is 0.446 e. The molecule has 5 amide bonds. The number of fused-ring (bicyclic) bond motifs is 3. The standard InChI is InChI=1S/C36H46FN5O10S/c37-28-9-6-7-22-19-41(21-27(22)28)35(47)52-25-17-30-31(43)39-36(33(45)40-53(48,49)26-11-12-26)18-23(36)8-4-2-1-3-5-10-29(32(44)42(30)20-25)38-34(46)51-24-13-15-50-16-14-24/h4,6-9,23-26,29-30H,1-3,5,10-21H2,(H,38,46)(H,39,43)(H,40,45)/b8-4-/t23-,25+,29-,30-,36+/m0/s1. The van der Waals surface area contributed by atoms with Crippen LogP contribution in [0.25, 0.3) is 0 Å². The van der Waals surface area contributed by atoms with E-state index in [1.807, 2.05) is 12.2 Å². The number of hydrogen-bond donors (Lipinski definition) is 3. The zero-order chi connectivity index (χ0) is 37.3. The normalized spacial score (nSPS) is 30.1. The minimum Gasteiger partial charge on any atom is -0.446 e. The molecule has 17 heteroatoms. The van der Waals surface area contributed by atoms with Crippen LogP contribution in [0.1, 0.15) is 81.8 Å². The highest BCUT2D eigenvalue weighted by molar-refractivity contribution is 7.91. The second-order valence-electron chi connectivity index (χ2n) is 14.9. The lowest BCUT2D eigenvalue weighted by molar-refractivity contribution is -0.141. The van der Waals surface area contributed by atoms with Gasteiger partial charge in [-0.05, 0) is 50.2 Å². The predicted octanol–water partition coefficient (Wildman–Crippen LogP) is 2.52. The van der Waals surface area contributed by atoms with Crippen LogP contribution in [0.4, 0.5) is 14.0 Å². The number of nitrogens with zero attached hydrogens (tertiary/aromatic N) is 2. The van der Waals surface area contributed by atoms with E-state index >= 15 is 0 Å². The zero-order valence-electron chi connectivity index (χ0n) is 29.4. The van der Waals surface area contributed by atoms with E-state index in [1.165, 1.54) is 15.9 Å². The van der Waals surface area contributed by atoms with Gasteiger partial charge in [0.25, 0.3) is 5.91 Å². The quantitative estimate of drug-likeness (QED) is 0.364. The highest BCUT2D eigenvalue weighted by Crippen LogP contribution is 2.46. The van der Waals surface area contributed by atoms with E-state index < -0.39 is 80.6 Å². The van der Waals surface area contributed by atoms with Crippen LogP contribution in [0, 0.1) is 11.7 Å². The smallest absolute Gasteiger partial charge is 0.410 e. The highest BCUT2D eigenvalue weighted by atomic mass is 32.2. The van der Waals surface area contributed by atoms with Gasteiger partial charge in [0.15, 0.2) is 0 Å². The van der Waals surface area contributed by atoms with Gasteiger partial charge in [0.05, 0.1) is 31.6 Å². The molecule has 53 heavy (non-hydrogen) atoms. The maximum atomic E-state index is 14.4. The summed E-state index contributed by atoms with van der Waals surface area (Å²) in [5.41, 5.74) is -0.520. The number of hydrogen-bond acceptors (Lipinski definition) is 10. The Bertz CT molecular complexity index is 1770. The third-order valence-corrected chi connectivity index (χ3v) is 12.8. The molecule has 4 heterocycles. The average Bonchev–Trinajstić information content (AvgIpc) is 4.01. The molecule has 4 aliphatic heterocycles. The molecule has 7 rings (SSSR count). The molecule has 0 spiro atoms. The van der Waals surface area contributed by atoms with Crippen LogP contribution in [-0.4, -0.2) is 103 Å². The minimum absolute atomic E-state index is 0.00233. The molecule has 288 valence electrons. The van der Waals surface area contributed by atoms with Gasteiger partial charge >= 0.3 is 12.2 Å². The van der Waals surface area contributed by atoms with Crippen molar-refractivity contribution in [1.82, 2.24) is 25.2 Å². The van der Waals surface area contributed by atoms with Crippen molar-refractivity contribution >= 4 is 39.9 Å². The third kappa shape index (κ3) is 8.30. The van der Waals surface area contributed by atoms with E-state index in [-0.39, 0.29) is 45.0 Å². The number of sulfonamides is 1. The maximum Gasteiger partial charge on any atom is 0.410 e. The Labute approximate surface area is 307 Å². The molecule has 4 fully saturated rings. The summed E-state index contributed by atoms with van der Waals surface area (Å²) in [5.74, 6) is -3.06. The van der Waals surface area contributed by atoms with Gasteiger partial charge in [0.1, 0.15) is 35.6 Å². The molecule has 5 atom stereocenters. The first-order valence-electron chi connectivity index (χ1n) is 18.6. The van der Waals surface area contributed by atoms with E-state index in [4.69, 9.17) is 14.2 Å². The molecule has 15 nitrogen and oxygen atoms in total. The SMILES string of the molecule is O=C(N[C@H]1CCCCC/C=C\[C@H]2C[C@@]2(C(=O)NS(=O)(=O)C2CC2)NC(=O)[C@@H]2C[C@@H](OC(=O)N3Cc4cccc(F)c4C3)CN2C1=O)OC1CCOCC1. The Morgan fingerprint density at radius 1 is 0.981 bits per heavy atom. The summed E-state index contributed by atoms with van der Waals surface area (Å²) in [7, 11) is -3.92. The molecule has 2 saturated heterocycles. The number of carbonyl (C=O) groups is 5. The van der Waals surface area contributed by atoms with Crippen molar-refractivity contribution in [2.45, 2.75) is 119 Å². The van der Waals surface area contributed by atoms with E-state index in [0.29, 0.717) is 62.9 Å². The van der Waals surface area contributed by atoms with Gasteiger partial charge in [-0.2, -0.15) is 0 Å². The number of amides is 5. The Morgan fingerprint density at radius 3 is 2.53 bits per heavy atom. The Kier molecular flexibility index (Phi) is 10.7. The van der Waals surface area contributed by atoms with Crippen LogP contribution in [0.3, 0.4) is 0 Å². The van der Waals surface area contributed by atoms with Crippen molar-refractivity contribution in [2.24, 2.45) is 5.92 Å². The molecule has 0 unspecified atom stereocenters. The summed E-state index contributed by atoms with van der Waals surface area (Å²) >= 11 is 0. The van der Waals surface area contributed by atoms with Gasteiger partial charge in [0.2, 0.25) is 21.8 Å². The fourth-order valence-corrected chi connectivity index (χ4v) is 9.06. The first-order chi connectivity index (χ1) is 25.4. The Hall–Kier alpha value is -4.25. The van der Waals surface area contributed by atoms with E-state index in [1.54, 1.807) is 12.1 Å². The maximum absolute atomic E-state index is 14.4. The van der Waals surface area contributed by atoms with Crippen LogP contribution in [0.2, 0.25) is 0 Å². The summed E-state index contributed by atoms with van der Waals surface area (Å²) in [5, 5.41) is 4.85. The van der Waals surface area contributed by atoms with Crippen molar-refractivity contribution < 1.29 is 51.0 Å². The number of rotatable bonds is 6. The summed E-state index contributed by atoms with van der Waals surface area (Å²) in [6, 6.07) is 2.30. The van der Waals surface area contributed by atoms with Gasteiger partial charge in [-0.25, -0.2) is 22.4 Å². The van der Waals surface area contributed by atoms with Crippen LogP contribution in [0.15, 0.2) is 30.4 Å². The van der Waals surface area contributed by atoms with Gasteiger partial charge in [0, 0.05) is 37.3 Å². The molecule has 1 aromatic rings. The summed E-state index contributed by atoms with van der Waals surface area (Å²) < 4.78 is 58.9. The number of carbonyl (C=O) groups excluding carboxylic acids is 5. The Balaban J connectivity index is 1.12. The molecule has 2 aliphatic carbocycles. The number of nitrogens with one attached hydrogen (secondary N) is 3. The summed E-state index contributed by atoms with van der Waals surface area (Å²) in [6.07, 6.45) is 5.82. The van der Waals surface area contributed by atoms with Gasteiger partial charge < -0.3 is 29.7 Å². The molecule has 0 bridgehead atoms. The monoisotopic (exact) mass is 759 g/mol. The molecule has 6 aliphatic rings. The molecule has 1 aromatic carbocycles. The summed E-state index contributed by atoms with van der Waals surface area (Å²) in [6.45, 7) is 0.833. The number of allylic oxidation sites excluding steroid dienone is 1. The molecular weight excluding hydrogens is 713 g/mol. The van der Waals surface area contributed by atoms with E-state index in [0.717, 1.165) is 12.8 Å². The predicted molar refractivity (Wildman–Crippen MR) is 185 cm³/mol. The van der Waals surface area contributed by atoms with Crippen LogP contribution < -0.4 is 15.4 Å².